The van der Waals surface area contributed by atoms with E-state index >= 15 is 0 Å². The van der Waals surface area contributed by atoms with Crippen molar-refractivity contribution in [3.05, 3.63) is 0 Å². The van der Waals surface area contributed by atoms with Crippen LogP contribution in [0.3, 0.4) is 0 Å². The topological polar surface area (TPSA) is 32.5 Å². The fourth-order valence-electron chi connectivity index (χ4n) is 3.40. The van der Waals surface area contributed by atoms with E-state index < -0.39 is 0 Å². The van der Waals surface area contributed by atoms with E-state index in [0.717, 1.165) is 18.5 Å². The Hall–Kier alpha value is -0.120. The van der Waals surface area contributed by atoms with Crippen molar-refractivity contribution in [1.29, 1.82) is 0 Å². The van der Waals surface area contributed by atoms with Crippen LogP contribution in [0.5, 0.6) is 0 Å². The third-order valence-electron chi connectivity index (χ3n) is 4.83. The maximum atomic E-state index is 6.11. The van der Waals surface area contributed by atoms with E-state index in [4.69, 9.17) is 5.73 Å². The highest BCUT2D eigenvalue weighted by Crippen LogP contribution is 2.45. The minimum atomic E-state index is 0.324. The predicted octanol–water partition coefficient (Wildman–Crippen LogP) is 1.14. The van der Waals surface area contributed by atoms with Crippen LogP contribution in [0.1, 0.15) is 32.6 Å². The molecule has 0 spiro atoms. The molecule has 2 N–H and O–H groups in total. The number of nitrogens with zero attached hydrogens (tertiary/aromatic N) is 2. The van der Waals surface area contributed by atoms with Crippen molar-refractivity contribution in [1.82, 2.24) is 9.80 Å². The first kappa shape index (κ1) is 12.3. The Morgan fingerprint density at radius 1 is 1.31 bits per heavy atom. The van der Waals surface area contributed by atoms with Gasteiger partial charge in [-0.05, 0) is 45.7 Å². The van der Waals surface area contributed by atoms with Crippen molar-refractivity contribution >= 4 is 0 Å². The smallest absolute Gasteiger partial charge is 0.0357 e. The van der Waals surface area contributed by atoms with Gasteiger partial charge >= 0.3 is 0 Å². The van der Waals surface area contributed by atoms with Crippen LogP contribution >= 0.6 is 0 Å². The lowest BCUT2D eigenvalue weighted by Gasteiger charge is -2.41. The Morgan fingerprint density at radius 3 is 2.38 bits per heavy atom. The second kappa shape index (κ2) is 4.63. The van der Waals surface area contributed by atoms with Crippen LogP contribution < -0.4 is 5.73 Å². The van der Waals surface area contributed by atoms with Crippen molar-refractivity contribution < 1.29 is 0 Å². The fourth-order valence-corrected chi connectivity index (χ4v) is 3.40. The number of rotatable bonds is 5. The second-order valence-electron chi connectivity index (χ2n) is 5.79. The van der Waals surface area contributed by atoms with Gasteiger partial charge in [-0.1, -0.05) is 6.92 Å². The van der Waals surface area contributed by atoms with Crippen molar-refractivity contribution in [3.63, 3.8) is 0 Å². The van der Waals surface area contributed by atoms with Crippen LogP contribution in [-0.2, 0) is 0 Å². The molecule has 1 aliphatic carbocycles. The molecule has 16 heavy (non-hydrogen) atoms. The quantitative estimate of drug-likeness (QED) is 0.761. The molecule has 0 radical (unpaired) electrons. The van der Waals surface area contributed by atoms with Gasteiger partial charge < -0.3 is 10.6 Å². The highest BCUT2D eigenvalue weighted by molar-refractivity contribution is 5.05. The summed E-state index contributed by atoms with van der Waals surface area (Å²) < 4.78 is 0. The van der Waals surface area contributed by atoms with Crippen molar-refractivity contribution in [2.24, 2.45) is 11.7 Å². The first-order chi connectivity index (χ1) is 7.64. The zero-order valence-electron chi connectivity index (χ0n) is 11.1. The first-order valence-corrected chi connectivity index (χ1v) is 6.75. The maximum Gasteiger partial charge on any atom is 0.0357 e. The lowest BCUT2D eigenvalue weighted by molar-refractivity contribution is 0.0869. The van der Waals surface area contributed by atoms with Crippen LogP contribution in [0, 0.1) is 5.92 Å². The summed E-state index contributed by atoms with van der Waals surface area (Å²) in [5, 5.41) is 0. The fraction of sp³-hybridized carbons (Fsp3) is 1.00. The molecule has 2 unspecified atom stereocenters. The number of likely N-dealkylation sites (tertiary alicyclic amines) is 1. The Balaban J connectivity index is 2.05. The summed E-state index contributed by atoms with van der Waals surface area (Å²) >= 11 is 0. The third kappa shape index (κ3) is 2.01. The third-order valence-corrected chi connectivity index (χ3v) is 4.83. The Kier molecular flexibility index (Phi) is 3.57. The average Bonchev–Trinajstić information content (AvgIpc) is 2.98. The molecular formula is C13H27N3. The van der Waals surface area contributed by atoms with Gasteiger partial charge in [-0.2, -0.15) is 0 Å². The maximum absolute atomic E-state index is 6.11. The number of hydrogen-bond donors (Lipinski definition) is 1. The molecule has 94 valence electrons. The molecule has 0 aromatic rings. The van der Waals surface area contributed by atoms with Gasteiger partial charge in [0.15, 0.2) is 0 Å². The van der Waals surface area contributed by atoms with E-state index in [1.165, 1.54) is 38.8 Å². The summed E-state index contributed by atoms with van der Waals surface area (Å²) in [6.07, 6.45) is 5.32. The van der Waals surface area contributed by atoms with E-state index in [1.54, 1.807) is 0 Å². The van der Waals surface area contributed by atoms with Gasteiger partial charge in [0, 0.05) is 31.2 Å². The molecule has 1 saturated heterocycles. The van der Waals surface area contributed by atoms with Crippen LogP contribution in [0.4, 0.5) is 0 Å². The van der Waals surface area contributed by atoms with Gasteiger partial charge in [-0.3, -0.25) is 4.90 Å². The Labute approximate surface area is 100.0 Å². The molecule has 1 saturated carbocycles. The van der Waals surface area contributed by atoms with E-state index in [1.807, 2.05) is 0 Å². The van der Waals surface area contributed by atoms with E-state index in [-0.39, 0.29) is 0 Å². The highest BCUT2D eigenvalue weighted by atomic mass is 15.3. The summed E-state index contributed by atoms with van der Waals surface area (Å²) in [5.74, 6) is 0.878. The predicted molar refractivity (Wildman–Crippen MR) is 68.5 cm³/mol. The first-order valence-electron chi connectivity index (χ1n) is 6.75. The summed E-state index contributed by atoms with van der Waals surface area (Å²) in [6.45, 7) is 5.61. The van der Waals surface area contributed by atoms with Gasteiger partial charge in [0.2, 0.25) is 0 Å². The standard InChI is InChI=1S/C13H27N3/c1-4-13(10-14,11-5-6-11)16-8-7-12(9-16)15(2)3/h11-12H,4-10,14H2,1-3H3. The molecule has 3 nitrogen and oxygen atoms in total. The van der Waals surface area contributed by atoms with Crippen molar-refractivity contribution in [2.45, 2.75) is 44.2 Å². The van der Waals surface area contributed by atoms with Gasteiger partial charge in [0.05, 0.1) is 0 Å². The van der Waals surface area contributed by atoms with Gasteiger partial charge in [0.25, 0.3) is 0 Å². The zero-order chi connectivity index (χ0) is 11.8. The molecule has 2 rings (SSSR count). The summed E-state index contributed by atoms with van der Waals surface area (Å²) in [5.41, 5.74) is 6.43. The van der Waals surface area contributed by atoms with Gasteiger partial charge in [0.1, 0.15) is 0 Å². The van der Waals surface area contributed by atoms with Gasteiger partial charge in [-0.15, -0.1) is 0 Å². The Bertz CT molecular complexity index is 231. The molecule has 1 heterocycles. The SMILES string of the molecule is CCC(CN)(C1CC1)N1CCC(N(C)C)C1. The Morgan fingerprint density at radius 2 is 2.00 bits per heavy atom. The lowest BCUT2D eigenvalue weighted by Crippen LogP contribution is -2.55. The van der Waals surface area contributed by atoms with Crippen LogP contribution in [0.2, 0.25) is 0 Å². The van der Waals surface area contributed by atoms with E-state index in [2.05, 4.69) is 30.8 Å². The summed E-state index contributed by atoms with van der Waals surface area (Å²) in [6, 6.07) is 0.733. The number of likely N-dealkylation sites (N-methyl/N-ethyl adjacent to an activating group) is 1. The van der Waals surface area contributed by atoms with E-state index in [0.29, 0.717) is 5.54 Å². The second-order valence-corrected chi connectivity index (χ2v) is 5.79. The molecule has 0 amide bonds. The van der Waals surface area contributed by atoms with Crippen LogP contribution in [-0.4, -0.2) is 55.1 Å². The number of nitrogens with two attached hydrogens (primary N) is 1. The zero-order valence-corrected chi connectivity index (χ0v) is 11.1. The minimum Gasteiger partial charge on any atom is -0.329 e. The highest BCUT2D eigenvalue weighted by Gasteiger charge is 2.48. The molecule has 3 heteroatoms. The van der Waals surface area contributed by atoms with Gasteiger partial charge in [-0.25, -0.2) is 0 Å². The molecule has 0 aromatic heterocycles. The van der Waals surface area contributed by atoms with Crippen molar-refractivity contribution in [2.75, 3.05) is 33.7 Å². The lowest BCUT2D eigenvalue weighted by atomic mass is 9.88. The molecule has 1 aliphatic heterocycles. The van der Waals surface area contributed by atoms with E-state index in [9.17, 15) is 0 Å². The van der Waals surface area contributed by atoms with Crippen molar-refractivity contribution in [3.8, 4) is 0 Å². The summed E-state index contributed by atoms with van der Waals surface area (Å²) in [4.78, 5) is 5.05. The molecule has 2 aliphatic rings. The summed E-state index contributed by atoms with van der Waals surface area (Å²) in [7, 11) is 4.39. The molecule has 2 atom stereocenters. The minimum absolute atomic E-state index is 0.324. The number of hydrogen-bond acceptors (Lipinski definition) is 3. The normalized spacial score (nSPS) is 30.9. The molecule has 0 bridgehead atoms. The van der Waals surface area contributed by atoms with Crippen LogP contribution in [0.25, 0.3) is 0 Å². The average molecular weight is 225 g/mol. The monoisotopic (exact) mass is 225 g/mol. The van der Waals surface area contributed by atoms with Crippen LogP contribution in [0.15, 0.2) is 0 Å². The largest absolute Gasteiger partial charge is 0.329 e. The molecular weight excluding hydrogens is 198 g/mol. The molecule has 0 aromatic carbocycles. The molecule has 2 fully saturated rings.